The van der Waals surface area contributed by atoms with E-state index < -0.39 is 5.82 Å². The summed E-state index contributed by atoms with van der Waals surface area (Å²) in [7, 11) is 0. The van der Waals surface area contributed by atoms with E-state index in [1.165, 1.54) is 12.1 Å². The SMILES string of the molecule is CCOC(=O)Cc1c(C)nn(-c2ccc(Cl)c(F)c2)c1C. The fourth-order valence-electron chi connectivity index (χ4n) is 2.16. The van der Waals surface area contributed by atoms with Crippen LogP contribution in [0.5, 0.6) is 0 Å². The second-order valence-corrected chi connectivity index (χ2v) is 5.05. The van der Waals surface area contributed by atoms with E-state index in [9.17, 15) is 9.18 Å². The van der Waals surface area contributed by atoms with E-state index in [0.717, 1.165) is 17.0 Å². The van der Waals surface area contributed by atoms with Gasteiger partial charge in [-0.1, -0.05) is 11.6 Å². The van der Waals surface area contributed by atoms with Crippen molar-refractivity contribution in [3.8, 4) is 5.69 Å². The molecule has 0 fully saturated rings. The number of benzene rings is 1. The highest BCUT2D eigenvalue weighted by atomic mass is 35.5. The number of hydrogen-bond donors (Lipinski definition) is 0. The normalized spacial score (nSPS) is 10.7. The molecule has 4 nitrogen and oxygen atoms in total. The molecule has 6 heteroatoms. The van der Waals surface area contributed by atoms with Gasteiger partial charge in [0, 0.05) is 17.3 Å². The molecule has 1 aromatic carbocycles. The van der Waals surface area contributed by atoms with Crippen LogP contribution in [-0.2, 0) is 16.0 Å². The Morgan fingerprint density at radius 2 is 2.14 bits per heavy atom. The van der Waals surface area contributed by atoms with E-state index in [1.807, 2.05) is 13.8 Å². The summed E-state index contributed by atoms with van der Waals surface area (Å²) < 4.78 is 20.1. The Morgan fingerprint density at radius 1 is 1.43 bits per heavy atom. The van der Waals surface area contributed by atoms with Crippen molar-refractivity contribution in [3.63, 3.8) is 0 Å². The van der Waals surface area contributed by atoms with E-state index in [0.29, 0.717) is 12.3 Å². The third kappa shape index (κ3) is 3.24. The van der Waals surface area contributed by atoms with Gasteiger partial charge in [0.05, 0.1) is 29.4 Å². The van der Waals surface area contributed by atoms with E-state index in [4.69, 9.17) is 16.3 Å². The van der Waals surface area contributed by atoms with Gasteiger partial charge in [-0.2, -0.15) is 5.10 Å². The summed E-state index contributed by atoms with van der Waals surface area (Å²) in [6, 6.07) is 4.47. The summed E-state index contributed by atoms with van der Waals surface area (Å²) in [5.41, 5.74) is 2.86. The molecule has 0 bridgehead atoms. The molecule has 1 aromatic heterocycles. The highest BCUT2D eigenvalue weighted by Gasteiger charge is 2.17. The van der Waals surface area contributed by atoms with E-state index in [1.54, 1.807) is 17.7 Å². The zero-order chi connectivity index (χ0) is 15.6. The number of carbonyl (C=O) groups is 1. The van der Waals surface area contributed by atoms with Crippen molar-refractivity contribution >= 4 is 17.6 Å². The molecule has 1 heterocycles. The number of hydrogen-bond acceptors (Lipinski definition) is 3. The molecule has 0 unspecified atom stereocenters. The lowest BCUT2D eigenvalue weighted by Gasteiger charge is -2.06. The van der Waals surface area contributed by atoms with Gasteiger partial charge in [-0.05, 0) is 32.9 Å². The number of rotatable bonds is 4. The standard InChI is InChI=1S/C15H16ClFN2O2/c1-4-21-15(20)8-12-9(2)18-19(10(12)3)11-5-6-13(16)14(17)7-11/h5-7H,4,8H2,1-3H3. The van der Waals surface area contributed by atoms with Gasteiger partial charge in [-0.3, -0.25) is 4.79 Å². The van der Waals surface area contributed by atoms with Crippen LogP contribution in [-0.4, -0.2) is 22.4 Å². The fourth-order valence-corrected chi connectivity index (χ4v) is 2.27. The maximum absolute atomic E-state index is 13.6. The monoisotopic (exact) mass is 310 g/mol. The number of carbonyl (C=O) groups excluding carboxylic acids is 1. The van der Waals surface area contributed by atoms with Crippen molar-refractivity contribution in [1.29, 1.82) is 0 Å². The van der Waals surface area contributed by atoms with Gasteiger partial charge in [0.1, 0.15) is 5.82 Å². The van der Waals surface area contributed by atoms with Gasteiger partial charge in [0.15, 0.2) is 0 Å². The molecule has 0 saturated carbocycles. The molecule has 2 aromatic rings. The average molecular weight is 311 g/mol. The zero-order valence-electron chi connectivity index (χ0n) is 12.1. The van der Waals surface area contributed by atoms with Crippen molar-refractivity contribution in [2.24, 2.45) is 0 Å². The third-order valence-electron chi connectivity index (χ3n) is 3.22. The highest BCUT2D eigenvalue weighted by molar-refractivity contribution is 6.30. The molecule has 0 spiro atoms. The van der Waals surface area contributed by atoms with Gasteiger partial charge in [0.25, 0.3) is 0 Å². The Morgan fingerprint density at radius 3 is 2.76 bits per heavy atom. The second-order valence-electron chi connectivity index (χ2n) is 4.64. The predicted octanol–water partition coefficient (Wildman–Crippen LogP) is 3.39. The van der Waals surface area contributed by atoms with Crippen LogP contribution in [0.4, 0.5) is 4.39 Å². The molecule has 112 valence electrons. The van der Waals surface area contributed by atoms with Crippen LogP contribution in [0.2, 0.25) is 5.02 Å². The number of nitrogens with zero attached hydrogens (tertiary/aromatic N) is 2. The molecular weight excluding hydrogens is 295 g/mol. The van der Waals surface area contributed by atoms with Crippen molar-refractivity contribution in [2.75, 3.05) is 6.61 Å². The molecule has 0 aliphatic rings. The summed E-state index contributed by atoms with van der Waals surface area (Å²) in [5.74, 6) is -0.806. The average Bonchev–Trinajstić information content (AvgIpc) is 2.70. The Balaban J connectivity index is 2.38. The van der Waals surface area contributed by atoms with E-state index in [2.05, 4.69) is 5.10 Å². The molecule has 0 atom stereocenters. The smallest absolute Gasteiger partial charge is 0.310 e. The molecule has 21 heavy (non-hydrogen) atoms. The molecule has 0 aliphatic carbocycles. The Kier molecular flexibility index (Phi) is 4.63. The van der Waals surface area contributed by atoms with Crippen molar-refractivity contribution in [3.05, 3.63) is 46.0 Å². The number of aromatic nitrogens is 2. The number of halogens is 2. The van der Waals surface area contributed by atoms with Gasteiger partial charge < -0.3 is 4.74 Å². The highest BCUT2D eigenvalue weighted by Crippen LogP contribution is 2.22. The zero-order valence-corrected chi connectivity index (χ0v) is 12.9. The van der Waals surface area contributed by atoms with Crippen molar-refractivity contribution in [2.45, 2.75) is 27.2 Å². The summed E-state index contributed by atoms with van der Waals surface area (Å²) in [5, 5.41) is 4.43. The van der Waals surface area contributed by atoms with Gasteiger partial charge in [0.2, 0.25) is 0 Å². The first-order chi connectivity index (χ1) is 9.93. The van der Waals surface area contributed by atoms with Crippen LogP contribution in [0.3, 0.4) is 0 Å². The predicted molar refractivity (Wildman–Crippen MR) is 78.3 cm³/mol. The van der Waals surface area contributed by atoms with Gasteiger partial charge in [-0.15, -0.1) is 0 Å². The first-order valence-electron chi connectivity index (χ1n) is 6.60. The van der Waals surface area contributed by atoms with Gasteiger partial charge in [-0.25, -0.2) is 9.07 Å². The van der Waals surface area contributed by atoms with Crippen LogP contribution >= 0.6 is 11.6 Å². The lowest BCUT2D eigenvalue weighted by molar-refractivity contribution is -0.142. The van der Waals surface area contributed by atoms with E-state index in [-0.39, 0.29) is 17.4 Å². The minimum Gasteiger partial charge on any atom is -0.466 e. The lowest BCUT2D eigenvalue weighted by atomic mass is 10.1. The van der Waals surface area contributed by atoms with Crippen LogP contribution in [0.1, 0.15) is 23.9 Å². The van der Waals surface area contributed by atoms with Crippen LogP contribution in [0.15, 0.2) is 18.2 Å². The number of esters is 1. The van der Waals surface area contributed by atoms with Gasteiger partial charge >= 0.3 is 5.97 Å². The third-order valence-corrected chi connectivity index (χ3v) is 3.52. The van der Waals surface area contributed by atoms with Crippen LogP contribution in [0, 0.1) is 19.7 Å². The number of aryl methyl sites for hydroxylation is 1. The van der Waals surface area contributed by atoms with E-state index >= 15 is 0 Å². The summed E-state index contributed by atoms with van der Waals surface area (Å²) in [4.78, 5) is 11.6. The molecule has 0 saturated heterocycles. The first-order valence-corrected chi connectivity index (χ1v) is 6.98. The van der Waals surface area contributed by atoms with Crippen LogP contribution in [0.25, 0.3) is 5.69 Å². The largest absolute Gasteiger partial charge is 0.466 e. The van der Waals surface area contributed by atoms with Crippen LogP contribution < -0.4 is 0 Å². The minimum atomic E-state index is -0.506. The molecular formula is C15H16ClFN2O2. The maximum atomic E-state index is 13.6. The molecule has 2 rings (SSSR count). The maximum Gasteiger partial charge on any atom is 0.310 e. The summed E-state index contributed by atoms with van der Waals surface area (Å²) in [6.07, 6.45) is 0.154. The Bertz CT molecular complexity index is 683. The fraction of sp³-hybridized carbons (Fsp3) is 0.333. The lowest BCUT2D eigenvalue weighted by Crippen LogP contribution is -2.09. The minimum absolute atomic E-state index is 0.0621. The Hall–Kier alpha value is -1.88. The molecule has 0 radical (unpaired) electrons. The second kappa shape index (κ2) is 6.26. The topological polar surface area (TPSA) is 44.1 Å². The summed E-state index contributed by atoms with van der Waals surface area (Å²) in [6.45, 7) is 5.75. The Labute approximate surface area is 127 Å². The van der Waals surface area contributed by atoms with Crippen molar-refractivity contribution < 1.29 is 13.9 Å². The molecule has 0 N–H and O–H groups in total. The quantitative estimate of drug-likeness (QED) is 0.813. The number of ether oxygens (including phenoxy) is 1. The first kappa shape index (κ1) is 15.5. The van der Waals surface area contributed by atoms with Crippen molar-refractivity contribution in [1.82, 2.24) is 9.78 Å². The molecule has 0 aliphatic heterocycles. The molecule has 0 amide bonds. The summed E-state index contributed by atoms with van der Waals surface area (Å²) >= 11 is 5.68.